The molecule has 3 N–H and O–H groups in total. The largest absolute Gasteiger partial charge is 1.00 e. The van der Waals surface area contributed by atoms with Crippen LogP contribution in [-0.2, 0) is 43.9 Å². The zero-order valence-corrected chi connectivity index (χ0v) is 36.1. The third-order valence-electron chi connectivity index (χ3n) is 6.10. The molecule has 0 fully saturated rings. The Labute approximate surface area is 364 Å². The number of rotatable bonds is 14. The van der Waals surface area contributed by atoms with E-state index in [1.807, 2.05) is 0 Å². The number of non-ortho nitro benzene ring substituents is 1. The minimum absolute atomic E-state index is 0. The fourth-order valence-electron chi connectivity index (χ4n) is 3.96. The van der Waals surface area contributed by atoms with Gasteiger partial charge in [0.1, 0.15) is 21.5 Å². The van der Waals surface area contributed by atoms with E-state index in [1.54, 1.807) is 0 Å². The smallest absolute Gasteiger partial charge is 0.744 e. The maximum atomic E-state index is 12.4. The number of anilines is 1. The summed E-state index contributed by atoms with van der Waals surface area (Å²) in [5, 5.41) is 50.8. The van der Waals surface area contributed by atoms with Gasteiger partial charge in [-0.2, -0.15) is 14.6 Å². The van der Waals surface area contributed by atoms with Crippen molar-refractivity contribution in [2.75, 3.05) is 18.1 Å². The summed E-state index contributed by atoms with van der Waals surface area (Å²) in [5.41, 5.74) is 4.49. The number of sulfone groups is 1. The van der Waals surface area contributed by atoms with E-state index in [0.29, 0.717) is 0 Å². The van der Waals surface area contributed by atoms with Crippen molar-refractivity contribution in [2.24, 2.45) is 20.5 Å². The number of nitrogens with zero attached hydrogens (tertiary/aromatic N) is 5. The van der Waals surface area contributed by atoms with Gasteiger partial charge in [-0.15, -0.1) is 10.2 Å². The first-order valence-corrected chi connectivity index (χ1v) is 17.8. The van der Waals surface area contributed by atoms with Crippen LogP contribution in [0.2, 0.25) is 0 Å². The average Bonchev–Trinajstić information content (AvgIpc) is 3.01. The van der Waals surface area contributed by atoms with Crippen LogP contribution in [0.25, 0.3) is 10.8 Å². The summed E-state index contributed by atoms with van der Waals surface area (Å²) in [4.78, 5) is 8.76. The molecule has 0 bridgehead atoms. The van der Waals surface area contributed by atoms with E-state index in [1.165, 1.54) is 12.1 Å². The third-order valence-corrected chi connectivity index (χ3v) is 9.72. The van der Waals surface area contributed by atoms with E-state index >= 15 is 0 Å². The Morgan fingerprint density at radius 2 is 1.37 bits per heavy atom. The maximum Gasteiger partial charge on any atom is 1.00 e. The number of hydrogen-bond acceptors (Lipinski definition) is 21. The molecule has 0 radical (unpaired) electrons. The number of nitrogens with two attached hydrogens (primary N) is 1. The van der Waals surface area contributed by atoms with Crippen LogP contribution >= 0.6 is 12.0 Å². The van der Waals surface area contributed by atoms with Gasteiger partial charge in [0.2, 0.25) is 10.4 Å². The number of nitro benzene ring substituents is 1. The number of azo groups is 2. The molecule has 0 aliphatic carbocycles. The quantitative estimate of drug-likeness (QED) is 0.0138. The first-order valence-electron chi connectivity index (χ1n) is 12.6. The Hall–Kier alpha value is -1.70. The van der Waals surface area contributed by atoms with E-state index < -0.39 is 69.7 Å². The Bertz CT molecular complexity index is 2320. The van der Waals surface area contributed by atoms with Crippen LogP contribution in [0, 0.1) is 10.1 Å². The van der Waals surface area contributed by atoms with Crippen molar-refractivity contribution in [1.29, 1.82) is 0 Å². The second-order valence-electron chi connectivity index (χ2n) is 9.20. The molecule has 0 saturated carbocycles. The topological polar surface area (TPSA) is 338 Å². The molecule has 260 valence electrons. The predicted octanol–water partition coefficient (Wildman–Crippen LogP) is -5.74. The molecule has 0 saturated heterocycles. The molecule has 0 amide bonds. The number of benzene rings is 4. The van der Waals surface area contributed by atoms with Crippen molar-refractivity contribution < 1.29 is 152 Å². The number of nitrogen functional groups attached to an aromatic ring is 1. The minimum atomic E-state index is -5.37. The van der Waals surface area contributed by atoms with Gasteiger partial charge in [-0.3, -0.25) is 19.3 Å². The summed E-state index contributed by atoms with van der Waals surface area (Å²) in [7, 11) is -14.6. The fourth-order valence-corrected chi connectivity index (χ4v) is 6.59. The normalized spacial score (nSPS) is 12.0. The first kappa shape index (κ1) is 48.3. The third kappa shape index (κ3) is 12.7. The first-order chi connectivity index (χ1) is 22.9. The van der Waals surface area contributed by atoms with Crippen LogP contribution in [0.1, 0.15) is 0 Å². The Kier molecular flexibility index (Phi) is 18.8. The second-order valence-corrected chi connectivity index (χ2v) is 14.4. The van der Waals surface area contributed by atoms with Crippen molar-refractivity contribution >= 4 is 87.3 Å². The number of hydrogen-bond donors (Lipinski definition) is 2. The Morgan fingerprint density at radius 1 is 0.827 bits per heavy atom. The maximum absolute atomic E-state index is 12.4. The van der Waals surface area contributed by atoms with Crippen molar-refractivity contribution in [2.45, 2.75) is 14.7 Å². The summed E-state index contributed by atoms with van der Waals surface area (Å²) < 4.78 is 101. The molecule has 0 heterocycles. The van der Waals surface area contributed by atoms with Crippen LogP contribution in [0.5, 0.6) is 5.75 Å². The number of phenols is 1. The van der Waals surface area contributed by atoms with Gasteiger partial charge in [0.05, 0.1) is 66.5 Å². The number of fused-ring (bicyclic) bond motifs is 1. The summed E-state index contributed by atoms with van der Waals surface area (Å²) >= 11 is 0.257. The van der Waals surface area contributed by atoms with Gasteiger partial charge >= 0.3 is 88.7 Å². The van der Waals surface area contributed by atoms with Gasteiger partial charge in [-0.05, 0) is 53.9 Å². The van der Waals surface area contributed by atoms with E-state index in [4.69, 9.17) is 5.73 Å². The molecule has 0 aromatic heterocycles. The van der Waals surface area contributed by atoms with Gasteiger partial charge in [0, 0.05) is 12.1 Å². The summed E-state index contributed by atoms with van der Waals surface area (Å²) in [5.74, 6) is -1.83. The van der Waals surface area contributed by atoms with Gasteiger partial charge in [-0.25, -0.2) is 25.3 Å². The molecular weight excluding hydrogens is 810 g/mol. The van der Waals surface area contributed by atoms with E-state index in [9.17, 15) is 54.8 Å². The molecule has 21 nitrogen and oxygen atoms in total. The van der Waals surface area contributed by atoms with Crippen molar-refractivity contribution in [1.82, 2.24) is 0 Å². The van der Waals surface area contributed by atoms with E-state index in [2.05, 4.69) is 34.0 Å². The Morgan fingerprint density at radius 3 is 1.87 bits per heavy atom. The van der Waals surface area contributed by atoms with Crippen molar-refractivity contribution in [3.63, 3.8) is 0 Å². The molecule has 0 aliphatic rings. The molecule has 52 heavy (non-hydrogen) atoms. The summed E-state index contributed by atoms with van der Waals surface area (Å²) in [6, 6.07) is 10.9. The van der Waals surface area contributed by atoms with Crippen molar-refractivity contribution in [3.8, 4) is 5.75 Å². The van der Waals surface area contributed by atoms with Crippen LogP contribution < -0.4 is 99.7 Å². The second kappa shape index (κ2) is 20.3. The zero-order chi connectivity index (χ0) is 36.1. The van der Waals surface area contributed by atoms with Gasteiger partial charge in [-0.1, -0.05) is 0 Å². The van der Waals surface area contributed by atoms with Crippen LogP contribution in [-0.4, -0.2) is 56.7 Å². The summed E-state index contributed by atoms with van der Waals surface area (Å²) in [6.07, 6.45) is 0. The number of phenolic OH excluding ortho intramolecular Hbond substituents is 1. The molecule has 0 aliphatic heterocycles. The molecule has 0 spiro atoms. The Balaban J connectivity index is 0.00000451. The van der Waals surface area contributed by atoms with Crippen LogP contribution in [0.4, 0.5) is 34.1 Å². The molecular formula is C24H17N6Na3O15S4. The number of aromatic hydroxyl groups is 1. The molecule has 0 atom stereocenters. The molecule has 28 heteroatoms. The predicted molar refractivity (Wildman–Crippen MR) is 162 cm³/mol. The minimum Gasteiger partial charge on any atom is -0.744 e. The van der Waals surface area contributed by atoms with Gasteiger partial charge in [0.15, 0.2) is 15.6 Å². The van der Waals surface area contributed by atoms with Crippen molar-refractivity contribution in [3.05, 3.63) is 70.8 Å². The molecule has 4 rings (SSSR count). The monoisotopic (exact) mass is 826 g/mol. The van der Waals surface area contributed by atoms with Gasteiger partial charge < -0.3 is 25.2 Å². The SMILES string of the molecule is Nc1c(N=Nc2ccc([N+](=O)[O-])cc2)c(SOO[O-])cc2cc(S(=O)(=O)[O-])c(N=Nc3ccc(S(=O)(=O)CCOS(=O)(=O)[O-])cc3)c(O)c12.[Na+].[Na+].[Na+]. The van der Waals surface area contributed by atoms with E-state index in [0.717, 1.165) is 48.5 Å². The van der Waals surface area contributed by atoms with E-state index in [-0.39, 0.29) is 144 Å². The molecule has 4 aromatic rings. The van der Waals surface area contributed by atoms with Crippen LogP contribution in [0.15, 0.2) is 95.8 Å². The molecule has 4 aromatic carbocycles. The summed E-state index contributed by atoms with van der Waals surface area (Å²) in [6.45, 7) is -0.938. The number of nitro groups is 1. The zero-order valence-electron chi connectivity index (χ0n) is 26.8. The average molecular weight is 827 g/mol. The molecule has 0 unspecified atom stereocenters. The standard InChI is InChI=1S/C24H20N6O15S4.3Na/c25-21-20-13(11-18(46-45-44-34)22(21)28-26-14-1-5-16(6-2-14)30(32)33)12-19(48(37,38)39)23(24(20)31)29-27-15-3-7-17(8-4-15)47(35,36)10-9-43-49(40,41)42;;;/h1-8,11-12,31,34H,9-10,25H2,(H,37,38,39)(H,40,41,42);;;/q;3*+1/p-3. The van der Waals surface area contributed by atoms with Crippen LogP contribution in [0.3, 0.4) is 0 Å². The van der Waals surface area contributed by atoms with Gasteiger partial charge in [0.25, 0.3) is 5.69 Å². The fraction of sp³-hybridized carbons (Fsp3) is 0.0833.